The molecule has 0 atom stereocenters. The van der Waals surface area contributed by atoms with Gasteiger partial charge in [0, 0.05) is 19.7 Å². The number of rotatable bonds is 6. The predicted molar refractivity (Wildman–Crippen MR) is 106 cm³/mol. The largest absolute Gasteiger partial charge is 0.494 e. The smallest absolute Gasteiger partial charge is 0.191 e. The quantitative estimate of drug-likeness (QED) is 0.391. The van der Waals surface area contributed by atoms with Crippen molar-refractivity contribution in [1.29, 1.82) is 0 Å². The summed E-state index contributed by atoms with van der Waals surface area (Å²) in [5, 5.41) is 10.3. The molecule has 0 aliphatic carbocycles. The van der Waals surface area contributed by atoms with Gasteiger partial charge in [-0.05, 0) is 23.6 Å². The number of halogens is 2. The van der Waals surface area contributed by atoms with Crippen molar-refractivity contribution in [2.45, 2.75) is 32.9 Å². The molecule has 0 amide bonds. The second-order valence-electron chi connectivity index (χ2n) is 5.62. The fourth-order valence-corrected chi connectivity index (χ4v) is 2.08. The molecule has 1 aromatic heterocycles. The van der Waals surface area contributed by atoms with Crippen molar-refractivity contribution in [3.05, 3.63) is 47.1 Å². The van der Waals surface area contributed by atoms with Crippen LogP contribution in [0.15, 0.2) is 33.8 Å². The molecular weight excluding hydrogens is 438 g/mol. The molecule has 0 saturated heterocycles. The molecule has 1 aromatic carbocycles. The van der Waals surface area contributed by atoms with Gasteiger partial charge in [0.2, 0.25) is 0 Å². The molecule has 0 bridgehead atoms. The summed E-state index contributed by atoms with van der Waals surface area (Å²) in [4.78, 5) is 4.13. The molecule has 0 aliphatic heterocycles. The van der Waals surface area contributed by atoms with Crippen LogP contribution in [0.4, 0.5) is 4.39 Å². The number of ether oxygens (including phenoxy) is 1. The number of nitrogens with one attached hydrogen (secondary N) is 2. The molecule has 0 fully saturated rings. The van der Waals surface area contributed by atoms with Gasteiger partial charge in [0.05, 0.1) is 19.3 Å². The molecule has 0 radical (unpaired) electrons. The Balaban J connectivity index is 0.00000312. The molecular formula is C17H24FIN4O2. The zero-order valence-corrected chi connectivity index (χ0v) is 17.1. The van der Waals surface area contributed by atoms with E-state index in [1.165, 1.54) is 13.2 Å². The summed E-state index contributed by atoms with van der Waals surface area (Å²) in [7, 11) is 3.11. The standard InChI is InChI=1S/C17H23FN4O2.HI/c1-11(2)15-8-13(24-22-15)10-21-17(19-3)20-9-12-5-6-16(23-4)14(18)7-12;/h5-8,11H,9-10H2,1-4H3,(H2,19,20,21);1H. The van der Waals surface area contributed by atoms with Gasteiger partial charge in [0.25, 0.3) is 0 Å². The Morgan fingerprint density at radius 2 is 2.00 bits per heavy atom. The van der Waals surface area contributed by atoms with Crippen LogP contribution in [0, 0.1) is 5.82 Å². The van der Waals surface area contributed by atoms with Gasteiger partial charge in [-0.3, -0.25) is 4.99 Å². The third kappa shape index (κ3) is 6.18. The van der Waals surface area contributed by atoms with Crippen LogP contribution < -0.4 is 15.4 Å². The average molecular weight is 462 g/mol. The molecule has 0 saturated carbocycles. The van der Waals surface area contributed by atoms with Gasteiger partial charge < -0.3 is 19.9 Å². The van der Waals surface area contributed by atoms with Crippen molar-refractivity contribution in [1.82, 2.24) is 15.8 Å². The minimum Gasteiger partial charge on any atom is -0.494 e. The van der Waals surface area contributed by atoms with Crippen LogP contribution in [0.5, 0.6) is 5.75 Å². The van der Waals surface area contributed by atoms with E-state index in [0.717, 1.165) is 17.0 Å². The highest BCUT2D eigenvalue weighted by molar-refractivity contribution is 14.0. The average Bonchev–Trinajstić information content (AvgIpc) is 3.04. The van der Waals surface area contributed by atoms with Crippen LogP contribution in [-0.2, 0) is 13.1 Å². The van der Waals surface area contributed by atoms with E-state index in [1.54, 1.807) is 19.2 Å². The third-order valence-electron chi connectivity index (χ3n) is 3.50. The minimum absolute atomic E-state index is 0. The summed E-state index contributed by atoms with van der Waals surface area (Å²) in [5.74, 6) is 1.49. The lowest BCUT2D eigenvalue weighted by Gasteiger charge is -2.11. The molecule has 8 heteroatoms. The van der Waals surface area contributed by atoms with Crippen molar-refractivity contribution in [2.24, 2.45) is 4.99 Å². The van der Waals surface area contributed by atoms with Crippen molar-refractivity contribution >= 4 is 29.9 Å². The first-order chi connectivity index (χ1) is 11.5. The summed E-state index contributed by atoms with van der Waals surface area (Å²) < 4.78 is 23.8. The van der Waals surface area contributed by atoms with E-state index in [-0.39, 0.29) is 35.5 Å². The number of hydrogen-bond acceptors (Lipinski definition) is 4. The first-order valence-corrected chi connectivity index (χ1v) is 7.76. The molecule has 0 spiro atoms. The Labute approximate surface area is 164 Å². The van der Waals surface area contributed by atoms with Crippen LogP contribution in [0.2, 0.25) is 0 Å². The first-order valence-electron chi connectivity index (χ1n) is 7.76. The maximum atomic E-state index is 13.7. The molecule has 0 unspecified atom stereocenters. The monoisotopic (exact) mass is 462 g/mol. The fraction of sp³-hybridized carbons (Fsp3) is 0.412. The minimum atomic E-state index is -0.386. The first kappa shape index (κ1) is 21.2. The van der Waals surface area contributed by atoms with Crippen molar-refractivity contribution < 1.29 is 13.7 Å². The van der Waals surface area contributed by atoms with Gasteiger partial charge in [0.15, 0.2) is 23.3 Å². The van der Waals surface area contributed by atoms with Gasteiger partial charge in [-0.2, -0.15) is 0 Å². The number of hydrogen-bond donors (Lipinski definition) is 2. The summed E-state index contributed by atoms with van der Waals surface area (Å²) in [5.41, 5.74) is 1.71. The second kappa shape index (κ2) is 10.2. The fourth-order valence-electron chi connectivity index (χ4n) is 2.08. The van der Waals surface area contributed by atoms with Gasteiger partial charge in [-0.1, -0.05) is 25.1 Å². The number of benzene rings is 1. The Morgan fingerprint density at radius 3 is 2.56 bits per heavy atom. The highest BCUT2D eigenvalue weighted by Crippen LogP contribution is 2.17. The predicted octanol–water partition coefficient (Wildman–Crippen LogP) is 3.43. The number of aliphatic imine (C=N–C) groups is 1. The van der Waals surface area contributed by atoms with Crippen LogP contribution in [0.3, 0.4) is 0 Å². The summed E-state index contributed by atoms with van der Waals surface area (Å²) >= 11 is 0. The Bertz CT molecular complexity index is 704. The Hall–Kier alpha value is -1.84. The van der Waals surface area contributed by atoms with Crippen LogP contribution in [-0.4, -0.2) is 25.3 Å². The lowest BCUT2D eigenvalue weighted by Crippen LogP contribution is -2.36. The zero-order chi connectivity index (χ0) is 17.5. The summed E-state index contributed by atoms with van der Waals surface area (Å²) in [6, 6.07) is 6.76. The molecule has 138 valence electrons. The van der Waals surface area contributed by atoms with E-state index in [9.17, 15) is 4.39 Å². The normalized spacial score (nSPS) is 11.2. The SMILES string of the molecule is CN=C(NCc1ccc(OC)c(F)c1)NCc1cc(C(C)C)no1.I. The molecule has 25 heavy (non-hydrogen) atoms. The summed E-state index contributed by atoms with van der Waals surface area (Å²) in [6.07, 6.45) is 0. The van der Waals surface area contributed by atoms with E-state index < -0.39 is 0 Å². The molecule has 2 N–H and O–H groups in total. The Kier molecular flexibility index (Phi) is 8.67. The number of guanidine groups is 1. The van der Waals surface area contributed by atoms with Crippen molar-refractivity contribution in [2.75, 3.05) is 14.2 Å². The van der Waals surface area contributed by atoms with Crippen LogP contribution >= 0.6 is 24.0 Å². The number of nitrogens with zero attached hydrogens (tertiary/aromatic N) is 2. The van der Waals surface area contributed by atoms with Crippen molar-refractivity contribution in [3.8, 4) is 5.75 Å². The van der Waals surface area contributed by atoms with Crippen LogP contribution in [0.1, 0.15) is 36.8 Å². The van der Waals surface area contributed by atoms with Gasteiger partial charge in [0.1, 0.15) is 0 Å². The van der Waals surface area contributed by atoms with E-state index in [4.69, 9.17) is 9.26 Å². The maximum absolute atomic E-state index is 13.7. The number of methoxy groups -OCH3 is 1. The van der Waals surface area contributed by atoms with E-state index in [0.29, 0.717) is 25.0 Å². The lowest BCUT2D eigenvalue weighted by molar-refractivity contribution is 0.372. The van der Waals surface area contributed by atoms with Crippen LogP contribution in [0.25, 0.3) is 0 Å². The molecule has 2 aromatic rings. The topological polar surface area (TPSA) is 71.7 Å². The van der Waals surface area contributed by atoms with Crippen molar-refractivity contribution in [3.63, 3.8) is 0 Å². The zero-order valence-electron chi connectivity index (χ0n) is 14.8. The third-order valence-corrected chi connectivity index (χ3v) is 3.50. The lowest BCUT2D eigenvalue weighted by atomic mass is 10.1. The number of aromatic nitrogens is 1. The Morgan fingerprint density at radius 1 is 1.28 bits per heavy atom. The molecule has 0 aliphatic rings. The van der Waals surface area contributed by atoms with Gasteiger partial charge in [-0.25, -0.2) is 4.39 Å². The van der Waals surface area contributed by atoms with E-state index >= 15 is 0 Å². The summed E-state index contributed by atoms with van der Waals surface area (Å²) in [6.45, 7) is 5.03. The molecule has 6 nitrogen and oxygen atoms in total. The second-order valence-corrected chi connectivity index (χ2v) is 5.62. The molecule has 2 rings (SSSR count). The highest BCUT2D eigenvalue weighted by Gasteiger charge is 2.08. The molecule has 1 heterocycles. The van der Waals surface area contributed by atoms with E-state index in [2.05, 4.69) is 34.6 Å². The van der Waals surface area contributed by atoms with E-state index in [1.807, 2.05) is 6.07 Å². The maximum Gasteiger partial charge on any atom is 0.191 e. The highest BCUT2D eigenvalue weighted by atomic mass is 127. The van der Waals surface area contributed by atoms with Gasteiger partial charge >= 0.3 is 0 Å². The van der Waals surface area contributed by atoms with Gasteiger partial charge in [-0.15, -0.1) is 24.0 Å².